The van der Waals surface area contributed by atoms with Crippen molar-refractivity contribution in [3.63, 3.8) is 0 Å². The molecule has 0 amide bonds. The fourth-order valence-corrected chi connectivity index (χ4v) is 7.20. The lowest BCUT2D eigenvalue weighted by atomic mass is 9.68. The molecular weight excluding hydrogens is 466 g/mol. The summed E-state index contributed by atoms with van der Waals surface area (Å²) in [7, 11) is 0. The molecule has 0 bridgehead atoms. The van der Waals surface area contributed by atoms with E-state index in [9.17, 15) is 8.78 Å². The first-order valence-corrected chi connectivity index (χ1v) is 14.5. The van der Waals surface area contributed by atoms with Crippen LogP contribution >= 0.6 is 0 Å². The highest BCUT2D eigenvalue weighted by Gasteiger charge is 2.35. The van der Waals surface area contributed by atoms with Crippen molar-refractivity contribution in [2.75, 3.05) is 13.2 Å². The van der Waals surface area contributed by atoms with Crippen LogP contribution in [0.2, 0.25) is 0 Å². The van der Waals surface area contributed by atoms with E-state index in [4.69, 9.17) is 9.47 Å². The normalized spacial score (nSPS) is 30.6. The largest absolute Gasteiger partial charge is 0.491 e. The van der Waals surface area contributed by atoms with E-state index in [1.165, 1.54) is 63.0 Å². The molecule has 0 N–H and O–H groups in total. The van der Waals surface area contributed by atoms with Crippen molar-refractivity contribution in [3.05, 3.63) is 66.3 Å². The first kappa shape index (κ1) is 26.4. The predicted octanol–water partition coefficient (Wildman–Crippen LogP) is 9.09. The maximum Gasteiger partial charge on any atom is 0.201 e. The van der Waals surface area contributed by atoms with E-state index < -0.39 is 11.6 Å². The van der Waals surface area contributed by atoms with E-state index in [0.717, 1.165) is 37.2 Å². The van der Waals surface area contributed by atoms with Crippen molar-refractivity contribution in [3.8, 4) is 16.9 Å². The Morgan fingerprint density at radius 3 is 2.05 bits per heavy atom. The number of ether oxygens (including phenoxy) is 2. The molecule has 2 aliphatic carbocycles. The third-order valence-corrected chi connectivity index (χ3v) is 9.51. The van der Waals surface area contributed by atoms with Gasteiger partial charge in [0, 0.05) is 11.5 Å². The zero-order valence-electron chi connectivity index (χ0n) is 22.3. The van der Waals surface area contributed by atoms with Gasteiger partial charge in [0.2, 0.25) is 5.82 Å². The molecule has 2 aromatic carbocycles. The van der Waals surface area contributed by atoms with Gasteiger partial charge in [-0.05, 0) is 118 Å². The highest BCUT2D eigenvalue weighted by atomic mass is 19.2. The fraction of sp³-hybridized carbons (Fsp3) is 0.576. The minimum absolute atomic E-state index is 0.0431. The van der Waals surface area contributed by atoms with Gasteiger partial charge in [0.15, 0.2) is 11.6 Å². The lowest BCUT2D eigenvalue weighted by molar-refractivity contribution is -0.0462. The van der Waals surface area contributed by atoms with Crippen LogP contribution < -0.4 is 4.74 Å². The minimum Gasteiger partial charge on any atom is -0.491 e. The standard InChI is InChI=1S/C33H42F2O2/c1-3-22-5-7-23(8-6-22)24-11-15-27(16-12-24)30-19-17-28(21-37-30)25-9-13-26(14-10-25)29-18-20-31(36-4-2)33(35)32(29)34/h3,9-10,13-14,18,20,22-24,27-28,30H,1,4-8,11-12,15-17,19,21H2,2H3. The van der Waals surface area contributed by atoms with Gasteiger partial charge in [0.05, 0.1) is 19.3 Å². The van der Waals surface area contributed by atoms with E-state index in [0.29, 0.717) is 30.1 Å². The van der Waals surface area contributed by atoms with Crippen molar-refractivity contribution in [1.82, 2.24) is 0 Å². The van der Waals surface area contributed by atoms with E-state index >= 15 is 0 Å². The Balaban J connectivity index is 1.11. The second kappa shape index (κ2) is 12.1. The first-order chi connectivity index (χ1) is 18.1. The van der Waals surface area contributed by atoms with Gasteiger partial charge in [0.1, 0.15) is 0 Å². The Hall–Kier alpha value is -2.20. The van der Waals surface area contributed by atoms with E-state index in [1.54, 1.807) is 13.0 Å². The van der Waals surface area contributed by atoms with Gasteiger partial charge in [-0.1, -0.05) is 30.3 Å². The van der Waals surface area contributed by atoms with Crippen LogP contribution in [0.3, 0.4) is 0 Å². The number of hydrogen-bond donors (Lipinski definition) is 0. The highest BCUT2D eigenvalue weighted by Crippen LogP contribution is 2.44. The molecule has 0 aromatic heterocycles. The van der Waals surface area contributed by atoms with Gasteiger partial charge >= 0.3 is 0 Å². The van der Waals surface area contributed by atoms with Gasteiger partial charge in [-0.3, -0.25) is 0 Å². The predicted molar refractivity (Wildman–Crippen MR) is 146 cm³/mol. The third kappa shape index (κ3) is 5.95. The summed E-state index contributed by atoms with van der Waals surface area (Å²) >= 11 is 0. The Morgan fingerprint density at radius 1 is 0.811 bits per heavy atom. The van der Waals surface area contributed by atoms with Crippen LogP contribution in [0, 0.1) is 35.3 Å². The third-order valence-electron chi connectivity index (χ3n) is 9.51. The second-order valence-corrected chi connectivity index (χ2v) is 11.5. The Bertz CT molecular complexity index is 1030. The van der Waals surface area contributed by atoms with Gasteiger partial charge in [-0.2, -0.15) is 4.39 Å². The first-order valence-electron chi connectivity index (χ1n) is 14.5. The number of halogens is 2. The molecule has 4 heteroatoms. The van der Waals surface area contributed by atoms with Crippen LogP contribution in [0.25, 0.3) is 11.1 Å². The van der Waals surface area contributed by atoms with Gasteiger partial charge in [0.25, 0.3) is 0 Å². The van der Waals surface area contributed by atoms with Gasteiger partial charge in [-0.15, -0.1) is 6.58 Å². The average molecular weight is 509 g/mol. The Labute approximate surface area is 221 Å². The molecule has 3 fully saturated rings. The summed E-state index contributed by atoms with van der Waals surface area (Å²) in [5.74, 6) is 1.85. The van der Waals surface area contributed by atoms with Crippen LogP contribution in [0.1, 0.15) is 82.6 Å². The van der Waals surface area contributed by atoms with Crippen molar-refractivity contribution >= 4 is 0 Å². The topological polar surface area (TPSA) is 18.5 Å². The average Bonchev–Trinajstić information content (AvgIpc) is 2.96. The van der Waals surface area contributed by atoms with Crippen LogP contribution in [0.4, 0.5) is 8.78 Å². The number of hydrogen-bond acceptors (Lipinski definition) is 2. The molecule has 2 aromatic rings. The quantitative estimate of drug-likeness (QED) is 0.347. The molecule has 1 saturated heterocycles. The lowest BCUT2D eigenvalue weighted by Gasteiger charge is -2.41. The van der Waals surface area contributed by atoms with Crippen LogP contribution in [-0.2, 0) is 4.74 Å². The molecule has 2 unspecified atom stereocenters. The molecule has 2 saturated carbocycles. The summed E-state index contributed by atoms with van der Waals surface area (Å²) in [4.78, 5) is 0. The molecule has 1 aliphatic heterocycles. The molecule has 3 aliphatic rings. The minimum atomic E-state index is -0.927. The van der Waals surface area contributed by atoms with Crippen molar-refractivity contribution in [1.29, 1.82) is 0 Å². The molecule has 37 heavy (non-hydrogen) atoms. The van der Waals surface area contributed by atoms with Gasteiger partial charge in [-0.25, -0.2) is 4.39 Å². The maximum atomic E-state index is 14.6. The molecule has 200 valence electrons. The Kier molecular flexibility index (Phi) is 8.64. The molecule has 2 nitrogen and oxygen atoms in total. The summed E-state index contributed by atoms with van der Waals surface area (Å²) in [5.41, 5.74) is 2.15. The molecular formula is C33H42F2O2. The fourth-order valence-electron chi connectivity index (χ4n) is 7.20. The zero-order valence-corrected chi connectivity index (χ0v) is 22.3. The number of rotatable bonds is 7. The molecule has 0 spiro atoms. The second-order valence-electron chi connectivity index (χ2n) is 11.5. The number of benzene rings is 2. The Morgan fingerprint density at radius 2 is 1.46 bits per heavy atom. The van der Waals surface area contributed by atoms with Crippen molar-refractivity contribution < 1.29 is 18.3 Å². The van der Waals surface area contributed by atoms with Crippen LogP contribution in [-0.4, -0.2) is 19.3 Å². The summed E-state index contributed by atoms with van der Waals surface area (Å²) < 4.78 is 40.6. The zero-order chi connectivity index (χ0) is 25.8. The highest BCUT2D eigenvalue weighted by molar-refractivity contribution is 5.65. The summed E-state index contributed by atoms with van der Waals surface area (Å²) in [6.07, 6.45) is 15.7. The van der Waals surface area contributed by atoms with Crippen LogP contribution in [0.5, 0.6) is 5.75 Å². The summed E-state index contributed by atoms with van der Waals surface area (Å²) in [5, 5.41) is 0. The maximum absolute atomic E-state index is 14.6. The lowest BCUT2D eigenvalue weighted by Crippen LogP contribution is -2.35. The summed E-state index contributed by atoms with van der Waals surface area (Å²) in [6, 6.07) is 11.0. The molecule has 5 rings (SSSR count). The van der Waals surface area contributed by atoms with Gasteiger partial charge < -0.3 is 9.47 Å². The number of allylic oxidation sites excluding steroid dienone is 1. The van der Waals surface area contributed by atoms with E-state index in [-0.39, 0.29) is 11.3 Å². The van der Waals surface area contributed by atoms with E-state index in [1.807, 2.05) is 24.3 Å². The van der Waals surface area contributed by atoms with E-state index in [2.05, 4.69) is 12.7 Å². The smallest absolute Gasteiger partial charge is 0.201 e. The molecule has 2 atom stereocenters. The van der Waals surface area contributed by atoms with Crippen LogP contribution in [0.15, 0.2) is 49.1 Å². The monoisotopic (exact) mass is 508 g/mol. The summed E-state index contributed by atoms with van der Waals surface area (Å²) in [6.45, 7) is 6.80. The molecule has 1 heterocycles. The van der Waals surface area contributed by atoms with Crippen molar-refractivity contribution in [2.24, 2.45) is 23.7 Å². The molecule has 0 radical (unpaired) electrons. The van der Waals surface area contributed by atoms with Crippen molar-refractivity contribution in [2.45, 2.75) is 83.2 Å². The SMILES string of the molecule is C=CC1CCC(C2CCC(C3CCC(c4ccc(-c5ccc(OCC)c(F)c5F)cc4)CO3)CC2)CC1.